The van der Waals surface area contributed by atoms with E-state index in [0.29, 0.717) is 5.56 Å². The molecule has 0 spiro atoms. The summed E-state index contributed by atoms with van der Waals surface area (Å²) in [7, 11) is 0. The van der Waals surface area contributed by atoms with E-state index in [1.54, 1.807) is 10.7 Å². The van der Waals surface area contributed by atoms with Crippen molar-refractivity contribution >= 4 is 0 Å². The lowest BCUT2D eigenvalue weighted by molar-refractivity contribution is 0.838. The first-order valence-corrected chi connectivity index (χ1v) is 4.19. The molecule has 68 valence electrons. The predicted octanol–water partition coefficient (Wildman–Crippen LogP) is 1.45. The van der Waals surface area contributed by atoms with Gasteiger partial charge in [0.05, 0.1) is 11.3 Å². The van der Waals surface area contributed by atoms with E-state index in [-0.39, 0.29) is 0 Å². The Morgan fingerprint density at radius 2 is 2.14 bits per heavy atom. The summed E-state index contributed by atoms with van der Waals surface area (Å²) >= 11 is 0. The van der Waals surface area contributed by atoms with Crippen molar-refractivity contribution in [2.75, 3.05) is 0 Å². The highest BCUT2D eigenvalue weighted by Crippen LogP contribution is 2.12. The first-order chi connectivity index (χ1) is 6.83. The Bertz CT molecular complexity index is 493. The number of nitriles is 1. The van der Waals surface area contributed by atoms with Gasteiger partial charge in [0, 0.05) is 0 Å². The van der Waals surface area contributed by atoms with Crippen LogP contribution in [0.15, 0.2) is 30.6 Å². The molecule has 14 heavy (non-hydrogen) atoms. The molecule has 1 heterocycles. The fraction of sp³-hybridized carbons (Fsp3) is 0.100. The molecule has 0 radical (unpaired) electrons. The van der Waals surface area contributed by atoms with Crippen LogP contribution in [0.1, 0.15) is 11.4 Å². The van der Waals surface area contributed by atoms with Crippen molar-refractivity contribution in [3.05, 3.63) is 42.0 Å². The molecule has 0 aliphatic heterocycles. The van der Waals surface area contributed by atoms with Crippen molar-refractivity contribution in [1.82, 2.24) is 14.8 Å². The van der Waals surface area contributed by atoms with Gasteiger partial charge in [0.15, 0.2) is 0 Å². The van der Waals surface area contributed by atoms with Crippen molar-refractivity contribution in [3.8, 4) is 11.8 Å². The number of hydrogen-bond donors (Lipinski definition) is 0. The topological polar surface area (TPSA) is 54.5 Å². The van der Waals surface area contributed by atoms with Crippen molar-refractivity contribution in [3.63, 3.8) is 0 Å². The number of para-hydroxylation sites is 1. The fourth-order valence-electron chi connectivity index (χ4n) is 1.29. The van der Waals surface area contributed by atoms with E-state index in [1.807, 2.05) is 25.1 Å². The van der Waals surface area contributed by atoms with Crippen LogP contribution in [0.5, 0.6) is 0 Å². The molecule has 4 nitrogen and oxygen atoms in total. The molecule has 0 aliphatic rings. The monoisotopic (exact) mass is 184 g/mol. The van der Waals surface area contributed by atoms with Crippen molar-refractivity contribution in [2.24, 2.45) is 0 Å². The molecule has 0 fully saturated rings. The number of nitrogens with zero attached hydrogens (tertiary/aromatic N) is 4. The van der Waals surface area contributed by atoms with Gasteiger partial charge in [-0.25, -0.2) is 9.67 Å². The Kier molecular flexibility index (Phi) is 1.99. The SMILES string of the molecule is Cc1ncnn1-c1ccccc1C#N. The third kappa shape index (κ3) is 1.25. The normalized spacial score (nSPS) is 9.71. The molecule has 0 bridgehead atoms. The Balaban J connectivity index is 2.64. The second kappa shape index (κ2) is 3.30. The number of benzene rings is 1. The largest absolute Gasteiger partial charge is 0.220 e. The van der Waals surface area contributed by atoms with Gasteiger partial charge in [-0.05, 0) is 19.1 Å². The van der Waals surface area contributed by atoms with E-state index in [4.69, 9.17) is 5.26 Å². The van der Waals surface area contributed by atoms with E-state index in [1.165, 1.54) is 6.33 Å². The molecule has 0 saturated heterocycles. The van der Waals surface area contributed by atoms with E-state index in [9.17, 15) is 0 Å². The summed E-state index contributed by atoms with van der Waals surface area (Å²) < 4.78 is 1.65. The van der Waals surface area contributed by atoms with Crippen LogP contribution in [-0.4, -0.2) is 14.8 Å². The Labute approximate surface area is 81.4 Å². The Morgan fingerprint density at radius 1 is 1.36 bits per heavy atom. The minimum atomic E-state index is 0.598. The molecule has 2 rings (SSSR count). The summed E-state index contributed by atoms with van der Waals surface area (Å²) in [5.74, 6) is 0.771. The minimum Gasteiger partial charge on any atom is -0.220 e. The van der Waals surface area contributed by atoms with Crippen LogP contribution in [0.25, 0.3) is 5.69 Å². The van der Waals surface area contributed by atoms with Crippen LogP contribution in [0, 0.1) is 18.3 Å². The highest BCUT2D eigenvalue weighted by molar-refractivity contribution is 5.48. The zero-order chi connectivity index (χ0) is 9.97. The fourth-order valence-corrected chi connectivity index (χ4v) is 1.29. The first-order valence-electron chi connectivity index (χ1n) is 4.19. The highest BCUT2D eigenvalue weighted by Gasteiger charge is 2.05. The van der Waals surface area contributed by atoms with Crippen LogP contribution in [-0.2, 0) is 0 Å². The molecular formula is C10H8N4. The van der Waals surface area contributed by atoms with Gasteiger partial charge in [-0.2, -0.15) is 10.4 Å². The Morgan fingerprint density at radius 3 is 2.79 bits per heavy atom. The molecule has 4 heteroatoms. The third-order valence-electron chi connectivity index (χ3n) is 1.97. The first kappa shape index (κ1) is 8.45. The van der Waals surface area contributed by atoms with Crippen LogP contribution < -0.4 is 0 Å². The number of hydrogen-bond acceptors (Lipinski definition) is 3. The zero-order valence-corrected chi connectivity index (χ0v) is 7.68. The maximum Gasteiger partial charge on any atom is 0.138 e. The van der Waals surface area contributed by atoms with Gasteiger partial charge in [0.25, 0.3) is 0 Å². The molecule has 2 aromatic rings. The number of aromatic nitrogens is 3. The summed E-state index contributed by atoms with van der Waals surface area (Å²) in [6.45, 7) is 1.85. The summed E-state index contributed by atoms with van der Waals surface area (Å²) in [6.07, 6.45) is 1.48. The minimum absolute atomic E-state index is 0.598. The van der Waals surface area contributed by atoms with E-state index < -0.39 is 0 Å². The molecule has 0 atom stereocenters. The molecule has 1 aromatic carbocycles. The quantitative estimate of drug-likeness (QED) is 0.674. The molecule has 0 aliphatic carbocycles. The predicted molar refractivity (Wildman–Crippen MR) is 50.8 cm³/mol. The third-order valence-corrected chi connectivity index (χ3v) is 1.97. The smallest absolute Gasteiger partial charge is 0.138 e. The maximum absolute atomic E-state index is 8.90. The summed E-state index contributed by atoms with van der Waals surface area (Å²) in [4.78, 5) is 4.01. The Hall–Kier alpha value is -2.15. The molecule has 1 aromatic heterocycles. The van der Waals surface area contributed by atoms with Crippen molar-refractivity contribution in [2.45, 2.75) is 6.92 Å². The summed E-state index contributed by atoms with van der Waals surface area (Å²) in [5.41, 5.74) is 1.37. The van der Waals surface area contributed by atoms with Gasteiger partial charge in [0.1, 0.15) is 18.2 Å². The van der Waals surface area contributed by atoms with Crippen LogP contribution in [0.3, 0.4) is 0 Å². The van der Waals surface area contributed by atoms with Gasteiger partial charge >= 0.3 is 0 Å². The van der Waals surface area contributed by atoms with Gasteiger partial charge in [-0.1, -0.05) is 12.1 Å². The van der Waals surface area contributed by atoms with E-state index in [2.05, 4.69) is 16.2 Å². The standard InChI is InChI=1S/C10H8N4/c1-8-12-7-13-14(8)10-5-3-2-4-9(10)6-11/h2-5,7H,1H3. The van der Waals surface area contributed by atoms with Crippen LogP contribution in [0.2, 0.25) is 0 Å². The molecular weight excluding hydrogens is 176 g/mol. The van der Waals surface area contributed by atoms with Crippen molar-refractivity contribution < 1.29 is 0 Å². The average molecular weight is 184 g/mol. The van der Waals surface area contributed by atoms with Gasteiger partial charge < -0.3 is 0 Å². The molecule has 0 amide bonds. The number of aryl methyl sites for hydroxylation is 1. The van der Waals surface area contributed by atoms with Crippen molar-refractivity contribution in [1.29, 1.82) is 5.26 Å². The van der Waals surface area contributed by atoms with Crippen LogP contribution in [0.4, 0.5) is 0 Å². The van der Waals surface area contributed by atoms with Gasteiger partial charge in [-0.3, -0.25) is 0 Å². The van der Waals surface area contributed by atoms with E-state index >= 15 is 0 Å². The molecule has 0 saturated carbocycles. The highest BCUT2D eigenvalue weighted by atomic mass is 15.3. The van der Waals surface area contributed by atoms with Gasteiger partial charge in [-0.15, -0.1) is 0 Å². The number of rotatable bonds is 1. The van der Waals surface area contributed by atoms with E-state index in [0.717, 1.165) is 11.5 Å². The average Bonchev–Trinajstić information content (AvgIpc) is 2.64. The zero-order valence-electron chi connectivity index (χ0n) is 7.68. The molecule has 0 N–H and O–H groups in total. The lowest BCUT2D eigenvalue weighted by Crippen LogP contribution is -2.01. The lowest BCUT2D eigenvalue weighted by atomic mass is 10.2. The van der Waals surface area contributed by atoms with Crippen LogP contribution >= 0.6 is 0 Å². The second-order valence-corrected chi connectivity index (χ2v) is 2.85. The van der Waals surface area contributed by atoms with Gasteiger partial charge in [0.2, 0.25) is 0 Å². The second-order valence-electron chi connectivity index (χ2n) is 2.85. The lowest BCUT2D eigenvalue weighted by Gasteiger charge is -2.03. The summed E-state index contributed by atoms with van der Waals surface area (Å²) in [5, 5.41) is 12.9. The molecule has 0 unspecified atom stereocenters. The maximum atomic E-state index is 8.90. The summed E-state index contributed by atoms with van der Waals surface area (Å²) in [6, 6.07) is 9.43.